The van der Waals surface area contributed by atoms with Crippen molar-refractivity contribution in [2.75, 3.05) is 6.54 Å². The maximum absolute atomic E-state index is 4.61. The molecule has 3 nitrogen and oxygen atoms in total. The Hall–Kier alpha value is -0.870. The van der Waals surface area contributed by atoms with Crippen LogP contribution in [0.5, 0.6) is 0 Å². The molecular weight excluding hydrogens is 242 g/mol. The third-order valence-electron chi connectivity index (χ3n) is 3.64. The lowest BCUT2D eigenvalue weighted by Crippen LogP contribution is -2.24. The summed E-state index contributed by atoms with van der Waals surface area (Å²) in [6.07, 6.45) is 2.18. The van der Waals surface area contributed by atoms with Crippen LogP contribution in [-0.4, -0.2) is 15.9 Å². The number of rotatable bonds is 5. The Morgan fingerprint density at radius 3 is 2.72 bits per heavy atom. The van der Waals surface area contributed by atoms with Crippen molar-refractivity contribution in [1.29, 1.82) is 0 Å². The zero-order chi connectivity index (χ0) is 13.3. The molecular formula is C14H23N3S. The van der Waals surface area contributed by atoms with Crippen molar-refractivity contribution in [2.24, 2.45) is 11.8 Å². The molecule has 1 unspecified atom stereocenters. The maximum Gasteiger partial charge on any atom is 0.194 e. The molecule has 0 fully saturated rings. The van der Waals surface area contributed by atoms with Gasteiger partial charge in [0.1, 0.15) is 0 Å². The monoisotopic (exact) mass is 265 g/mol. The van der Waals surface area contributed by atoms with E-state index >= 15 is 0 Å². The van der Waals surface area contributed by atoms with Crippen LogP contribution in [0.15, 0.2) is 6.20 Å². The van der Waals surface area contributed by atoms with Crippen molar-refractivity contribution in [3.05, 3.63) is 22.5 Å². The van der Waals surface area contributed by atoms with Crippen LogP contribution < -0.4 is 5.32 Å². The first-order valence-electron chi connectivity index (χ1n) is 6.63. The van der Waals surface area contributed by atoms with Gasteiger partial charge in [-0.15, -0.1) is 11.3 Å². The Labute approximate surface area is 113 Å². The van der Waals surface area contributed by atoms with Gasteiger partial charge in [0.15, 0.2) is 4.96 Å². The van der Waals surface area contributed by atoms with E-state index in [9.17, 15) is 0 Å². The normalized spacial score (nSPS) is 13.7. The van der Waals surface area contributed by atoms with Crippen LogP contribution in [0.25, 0.3) is 4.96 Å². The van der Waals surface area contributed by atoms with Crippen LogP contribution in [0.4, 0.5) is 0 Å². The van der Waals surface area contributed by atoms with E-state index < -0.39 is 0 Å². The fourth-order valence-corrected chi connectivity index (χ4v) is 2.87. The summed E-state index contributed by atoms with van der Waals surface area (Å²) >= 11 is 1.76. The van der Waals surface area contributed by atoms with E-state index in [4.69, 9.17) is 0 Å². The SMILES string of the molecule is Cc1cn2c(CNCC(C)C(C)C)c(C)nc2s1. The average Bonchev–Trinajstić information content (AvgIpc) is 2.76. The van der Waals surface area contributed by atoms with E-state index in [1.807, 2.05) is 0 Å². The highest BCUT2D eigenvalue weighted by molar-refractivity contribution is 7.17. The minimum atomic E-state index is 0.706. The van der Waals surface area contributed by atoms with Crippen molar-refractivity contribution in [3.8, 4) is 0 Å². The summed E-state index contributed by atoms with van der Waals surface area (Å²) in [7, 11) is 0. The molecule has 1 N–H and O–H groups in total. The summed E-state index contributed by atoms with van der Waals surface area (Å²) in [5.41, 5.74) is 2.44. The second-order valence-corrected chi connectivity index (χ2v) is 6.70. The highest BCUT2D eigenvalue weighted by atomic mass is 32.1. The van der Waals surface area contributed by atoms with E-state index in [1.54, 1.807) is 11.3 Å². The third kappa shape index (κ3) is 2.75. The summed E-state index contributed by atoms with van der Waals surface area (Å²) < 4.78 is 2.22. The molecule has 0 saturated carbocycles. The Kier molecular flexibility index (Phi) is 4.07. The first-order valence-corrected chi connectivity index (χ1v) is 7.45. The van der Waals surface area contributed by atoms with Gasteiger partial charge >= 0.3 is 0 Å². The van der Waals surface area contributed by atoms with E-state index in [0.29, 0.717) is 5.92 Å². The van der Waals surface area contributed by atoms with Gasteiger partial charge in [0.25, 0.3) is 0 Å². The Morgan fingerprint density at radius 2 is 2.06 bits per heavy atom. The number of hydrogen-bond acceptors (Lipinski definition) is 3. The number of hydrogen-bond donors (Lipinski definition) is 1. The van der Waals surface area contributed by atoms with Gasteiger partial charge in [-0.3, -0.25) is 4.40 Å². The highest BCUT2D eigenvalue weighted by Crippen LogP contribution is 2.20. The van der Waals surface area contributed by atoms with Crippen molar-refractivity contribution < 1.29 is 0 Å². The zero-order valence-electron chi connectivity index (χ0n) is 11.9. The molecule has 2 heterocycles. The van der Waals surface area contributed by atoms with Crippen molar-refractivity contribution in [3.63, 3.8) is 0 Å². The topological polar surface area (TPSA) is 29.3 Å². The Bertz CT molecular complexity index is 524. The number of fused-ring (bicyclic) bond motifs is 1. The fourth-order valence-electron chi connectivity index (χ4n) is 1.98. The van der Waals surface area contributed by atoms with Crippen LogP contribution in [0, 0.1) is 25.7 Å². The van der Waals surface area contributed by atoms with Gasteiger partial charge in [0.2, 0.25) is 0 Å². The number of aromatic nitrogens is 2. The summed E-state index contributed by atoms with van der Waals surface area (Å²) in [5, 5.41) is 3.55. The molecule has 1 atom stereocenters. The Balaban J connectivity index is 2.04. The summed E-state index contributed by atoms with van der Waals surface area (Å²) in [6.45, 7) is 13.0. The first kappa shape index (κ1) is 13.6. The molecule has 0 aliphatic rings. The lowest BCUT2D eigenvalue weighted by molar-refractivity contribution is 0.391. The zero-order valence-corrected chi connectivity index (χ0v) is 12.8. The molecule has 100 valence electrons. The standard InChI is InChI=1S/C14H23N3S/c1-9(2)10(3)6-15-7-13-12(5)16-14-17(13)8-11(4)18-14/h8-10,15H,6-7H2,1-5H3. The van der Waals surface area contributed by atoms with Gasteiger partial charge in [-0.25, -0.2) is 4.98 Å². The number of imidazole rings is 1. The molecule has 4 heteroatoms. The molecule has 0 radical (unpaired) electrons. The molecule has 0 aliphatic carbocycles. The predicted octanol–water partition coefficient (Wildman–Crippen LogP) is 3.39. The minimum absolute atomic E-state index is 0.706. The molecule has 0 aromatic carbocycles. The quantitative estimate of drug-likeness (QED) is 0.898. The first-order chi connectivity index (χ1) is 8.49. The van der Waals surface area contributed by atoms with Gasteiger partial charge in [0, 0.05) is 17.6 Å². The summed E-state index contributed by atoms with van der Waals surface area (Å²) in [5.74, 6) is 1.44. The fraction of sp³-hybridized carbons (Fsp3) is 0.643. The van der Waals surface area contributed by atoms with Gasteiger partial charge in [-0.05, 0) is 32.2 Å². The smallest absolute Gasteiger partial charge is 0.194 e. The molecule has 2 aromatic rings. The van der Waals surface area contributed by atoms with Crippen LogP contribution in [0.3, 0.4) is 0 Å². The van der Waals surface area contributed by atoms with E-state index in [2.05, 4.69) is 55.5 Å². The molecule has 0 aliphatic heterocycles. The molecule has 0 amide bonds. The summed E-state index contributed by atoms with van der Waals surface area (Å²) in [4.78, 5) is 7.03. The third-order valence-corrected chi connectivity index (χ3v) is 4.54. The number of nitrogens with one attached hydrogen (secondary N) is 1. The second kappa shape index (κ2) is 5.41. The second-order valence-electron chi connectivity index (χ2n) is 5.49. The molecule has 0 bridgehead atoms. The van der Waals surface area contributed by atoms with E-state index in [0.717, 1.165) is 29.7 Å². The molecule has 0 spiro atoms. The number of thiazole rings is 1. The lowest BCUT2D eigenvalue weighted by atomic mass is 9.98. The number of aryl methyl sites for hydroxylation is 2. The molecule has 2 aromatic heterocycles. The molecule has 0 saturated heterocycles. The van der Waals surface area contributed by atoms with Gasteiger partial charge in [0.05, 0.1) is 11.4 Å². The van der Waals surface area contributed by atoms with Crippen LogP contribution in [0.2, 0.25) is 0 Å². The van der Waals surface area contributed by atoms with Crippen LogP contribution >= 0.6 is 11.3 Å². The van der Waals surface area contributed by atoms with E-state index in [1.165, 1.54) is 10.6 Å². The minimum Gasteiger partial charge on any atom is -0.311 e. The van der Waals surface area contributed by atoms with Gasteiger partial charge < -0.3 is 5.32 Å². The largest absolute Gasteiger partial charge is 0.311 e. The van der Waals surface area contributed by atoms with Crippen LogP contribution in [0.1, 0.15) is 37.0 Å². The maximum atomic E-state index is 4.61. The molecule has 18 heavy (non-hydrogen) atoms. The average molecular weight is 265 g/mol. The lowest BCUT2D eigenvalue weighted by Gasteiger charge is -2.16. The summed E-state index contributed by atoms with van der Waals surface area (Å²) in [6, 6.07) is 0. The van der Waals surface area contributed by atoms with Gasteiger partial charge in [-0.2, -0.15) is 0 Å². The van der Waals surface area contributed by atoms with E-state index in [-0.39, 0.29) is 0 Å². The van der Waals surface area contributed by atoms with Crippen molar-refractivity contribution in [1.82, 2.24) is 14.7 Å². The Morgan fingerprint density at radius 1 is 1.33 bits per heavy atom. The highest BCUT2D eigenvalue weighted by Gasteiger charge is 2.12. The van der Waals surface area contributed by atoms with Crippen molar-refractivity contribution in [2.45, 2.75) is 41.2 Å². The predicted molar refractivity (Wildman–Crippen MR) is 78.3 cm³/mol. The molecule has 2 rings (SSSR count). The van der Waals surface area contributed by atoms with Crippen LogP contribution in [-0.2, 0) is 6.54 Å². The van der Waals surface area contributed by atoms with Crippen molar-refractivity contribution >= 4 is 16.3 Å². The number of nitrogens with zero attached hydrogens (tertiary/aromatic N) is 2. The van der Waals surface area contributed by atoms with Gasteiger partial charge in [-0.1, -0.05) is 20.8 Å².